The van der Waals surface area contributed by atoms with E-state index in [4.69, 9.17) is 11.2 Å². The molecule has 0 spiro atoms. The maximum Gasteiger partial charge on any atom is 0.0231 e. The van der Waals surface area contributed by atoms with Crippen molar-refractivity contribution >= 4 is 20.6 Å². The minimum Gasteiger partial charge on any atom is -0.120 e. The lowest BCUT2D eigenvalue weighted by atomic mass is 9.86. The predicted octanol–water partition coefficient (Wildman–Crippen LogP) is 3.08. The van der Waals surface area contributed by atoms with Gasteiger partial charge in [-0.3, -0.25) is 0 Å². The summed E-state index contributed by atoms with van der Waals surface area (Å²) < 4.78 is 0. The van der Waals surface area contributed by atoms with E-state index in [0.29, 0.717) is 0 Å². The van der Waals surface area contributed by atoms with Crippen LogP contribution in [-0.2, 0) is 39.2 Å². The fourth-order valence-corrected chi connectivity index (χ4v) is 3.57. The van der Waals surface area contributed by atoms with Crippen LogP contribution in [0.15, 0.2) is 12.1 Å². The molecule has 1 aromatic carbocycles. The number of hydrogen-bond donors (Lipinski definition) is 0. The van der Waals surface area contributed by atoms with Crippen LogP contribution in [0.4, 0.5) is 0 Å². The molecular formula is C13H18S2. The van der Waals surface area contributed by atoms with Crippen molar-refractivity contribution in [1.29, 1.82) is 0 Å². The lowest BCUT2D eigenvalue weighted by Gasteiger charge is -2.21. The summed E-state index contributed by atoms with van der Waals surface area (Å²) in [7, 11) is 0.112. The molecule has 1 unspecified atom stereocenters. The summed E-state index contributed by atoms with van der Waals surface area (Å²) in [6.07, 6.45) is 7.44. The third kappa shape index (κ3) is 2.48. The van der Waals surface area contributed by atoms with E-state index in [1.54, 1.807) is 11.1 Å². The summed E-state index contributed by atoms with van der Waals surface area (Å²) in [6, 6.07) is 4.58. The molecule has 0 amide bonds. The van der Waals surface area contributed by atoms with Crippen LogP contribution in [0.2, 0.25) is 0 Å². The molecule has 1 aromatic rings. The van der Waals surface area contributed by atoms with Gasteiger partial charge in [0.05, 0.1) is 0 Å². The molecule has 1 aliphatic carbocycles. The Morgan fingerprint density at radius 1 is 1.20 bits per heavy atom. The fourth-order valence-electron chi connectivity index (χ4n) is 2.48. The molecule has 0 nitrogen and oxygen atoms in total. The zero-order valence-corrected chi connectivity index (χ0v) is 11.1. The molecule has 0 fully saturated rings. The highest BCUT2D eigenvalue weighted by Gasteiger charge is 2.14. The SMILES string of the molecule is Cc1ccc(CS(C)=S)c2c1CCCC2. The Hall–Kier alpha value is -0.210. The van der Waals surface area contributed by atoms with Crippen LogP contribution in [0.25, 0.3) is 0 Å². The lowest BCUT2D eigenvalue weighted by molar-refractivity contribution is 0.678. The summed E-state index contributed by atoms with van der Waals surface area (Å²) >= 11 is 5.33. The molecule has 0 radical (unpaired) electrons. The summed E-state index contributed by atoms with van der Waals surface area (Å²) in [5.41, 5.74) is 6.26. The van der Waals surface area contributed by atoms with Gasteiger partial charge in [0.1, 0.15) is 0 Å². The maximum absolute atomic E-state index is 5.33. The van der Waals surface area contributed by atoms with Gasteiger partial charge in [0.15, 0.2) is 0 Å². The van der Waals surface area contributed by atoms with Crippen molar-refractivity contribution in [2.45, 2.75) is 38.4 Å². The minimum atomic E-state index is 0.112. The van der Waals surface area contributed by atoms with Gasteiger partial charge in [-0.2, -0.15) is 0 Å². The first-order chi connectivity index (χ1) is 7.18. The highest BCUT2D eigenvalue weighted by Crippen LogP contribution is 2.27. The first-order valence-electron chi connectivity index (χ1n) is 5.58. The van der Waals surface area contributed by atoms with Crippen molar-refractivity contribution in [2.75, 3.05) is 6.26 Å². The van der Waals surface area contributed by atoms with Crippen molar-refractivity contribution in [3.05, 3.63) is 34.4 Å². The van der Waals surface area contributed by atoms with E-state index in [2.05, 4.69) is 25.3 Å². The second-order valence-corrected chi connectivity index (χ2v) is 7.57. The molecule has 0 aliphatic heterocycles. The zero-order chi connectivity index (χ0) is 10.8. The summed E-state index contributed by atoms with van der Waals surface area (Å²) in [6.45, 7) is 2.24. The van der Waals surface area contributed by atoms with Gasteiger partial charge >= 0.3 is 0 Å². The quantitative estimate of drug-likeness (QED) is 0.763. The molecule has 0 saturated heterocycles. The van der Waals surface area contributed by atoms with E-state index in [0.717, 1.165) is 5.75 Å². The number of aryl methyl sites for hydroxylation is 1. The lowest BCUT2D eigenvalue weighted by Crippen LogP contribution is -2.09. The topological polar surface area (TPSA) is 0 Å². The monoisotopic (exact) mass is 238 g/mol. The van der Waals surface area contributed by atoms with Crippen LogP contribution in [0, 0.1) is 6.92 Å². The highest BCUT2D eigenvalue weighted by molar-refractivity contribution is 8.28. The van der Waals surface area contributed by atoms with E-state index in [1.165, 1.54) is 36.8 Å². The average Bonchev–Trinajstić information content (AvgIpc) is 2.22. The summed E-state index contributed by atoms with van der Waals surface area (Å²) in [5.74, 6) is 1.10. The molecule has 82 valence electrons. The third-order valence-electron chi connectivity index (χ3n) is 3.22. The van der Waals surface area contributed by atoms with E-state index in [-0.39, 0.29) is 9.45 Å². The zero-order valence-electron chi connectivity index (χ0n) is 9.51. The van der Waals surface area contributed by atoms with Gasteiger partial charge in [0.25, 0.3) is 0 Å². The van der Waals surface area contributed by atoms with Crippen LogP contribution in [0.1, 0.15) is 35.1 Å². The van der Waals surface area contributed by atoms with Crippen LogP contribution in [0.3, 0.4) is 0 Å². The second kappa shape index (κ2) is 4.75. The minimum absolute atomic E-state index is 0.112. The van der Waals surface area contributed by atoms with Gasteiger partial charge < -0.3 is 0 Å². The Morgan fingerprint density at radius 3 is 2.53 bits per heavy atom. The van der Waals surface area contributed by atoms with Crippen LogP contribution >= 0.6 is 0 Å². The first-order valence-corrected chi connectivity index (χ1v) is 8.31. The molecular weight excluding hydrogens is 220 g/mol. The molecule has 0 saturated carbocycles. The van der Waals surface area contributed by atoms with Gasteiger partial charge in [-0.1, -0.05) is 23.3 Å². The molecule has 2 heteroatoms. The Kier molecular flexibility index (Phi) is 3.57. The molecule has 1 atom stereocenters. The standard InChI is InChI=1S/C13H18S2/c1-10-7-8-11(9-15(2)14)13-6-4-3-5-12(10)13/h7-8H,3-6,9H2,1-2H3. The predicted molar refractivity (Wildman–Crippen MR) is 72.2 cm³/mol. The molecule has 0 aromatic heterocycles. The van der Waals surface area contributed by atoms with Crippen molar-refractivity contribution in [1.82, 2.24) is 0 Å². The van der Waals surface area contributed by atoms with Crippen molar-refractivity contribution in [2.24, 2.45) is 0 Å². The Balaban J connectivity index is 2.43. The molecule has 0 bridgehead atoms. The Labute approximate surface area is 99.7 Å². The third-order valence-corrected chi connectivity index (χ3v) is 4.30. The van der Waals surface area contributed by atoms with Crippen LogP contribution < -0.4 is 0 Å². The molecule has 15 heavy (non-hydrogen) atoms. The van der Waals surface area contributed by atoms with Gasteiger partial charge in [-0.05, 0) is 61.1 Å². The van der Waals surface area contributed by atoms with Gasteiger partial charge in [0, 0.05) is 5.75 Å². The Bertz CT molecular complexity index is 394. The van der Waals surface area contributed by atoms with Crippen molar-refractivity contribution in [3.8, 4) is 0 Å². The van der Waals surface area contributed by atoms with Crippen LogP contribution in [-0.4, -0.2) is 6.26 Å². The second-order valence-electron chi connectivity index (χ2n) is 4.42. The largest absolute Gasteiger partial charge is 0.120 e. The van der Waals surface area contributed by atoms with E-state index in [1.807, 2.05) is 0 Å². The highest BCUT2D eigenvalue weighted by atomic mass is 32.8. The first kappa shape index (κ1) is 11.3. The summed E-state index contributed by atoms with van der Waals surface area (Å²) in [5, 5.41) is 0. The smallest absolute Gasteiger partial charge is 0.0231 e. The molecule has 0 heterocycles. The number of hydrogen-bond acceptors (Lipinski definition) is 1. The van der Waals surface area contributed by atoms with E-state index < -0.39 is 0 Å². The van der Waals surface area contributed by atoms with Gasteiger partial charge in [-0.25, -0.2) is 0 Å². The van der Waals surface area contributed by atoms with Gasteiger partial charge in [-0.15, -0.1) is 9.45 Å². The number of rotatable bonds is 2. The van der Waals surface area contributed by atoms with E-state index in [9.17, 15) is 0 Å². The normalized spacial score (nSPS) is 17.2. The number of benzene rings is 1. The molecule has 0 N–H and O–H groups in total. The summed E-state index contributed by atoms with van der Waals surface area (Å²) in [4.78, 5) is 0. The number of fused-ring (bicyclic) bond motifs is 1. The maximum atomic E-state index is 5.33. The van der Waals surface area contributed by atoms with Crippen molar-refractivity contribution in [3.63, 3.8) is 0 Å². The fraction of sp³-hybridized carbons (Fsp3) is 0.538. The van der Waals surface area contributed by atoms with Crippen molar-refractivity contribution < 1.29 is 0 Å². The van der Waals surface area contributed by atoms with E-state index >= 15 is 0 Å². The molecule has 1 aliphatic rings. The van der Waals surface area contributed by atoms with Crippen LogP contribution in [0.5, 0.6) is 0 Å². The Morgan fingerprint density at radius 2 is 1.87 bits per heavy atom. The molecule has 2 rings (SSSR count). The average molecular weight is 238 g/mol. The van der Waals surface area contributed by atoms with Gasteiger partial charge in [0.2, 0.25) is 0 Å².